The Labute approximate surface area is 169 Å². The zero-order valence-corrected chi connectivity index (χ0v) is 16.9. The van der Waals surface area contributed by atoms with Gasteiger partial charge in [0.25, 0.3) is 0 Å². The predicted octanol–water partition coefficient (Wildman–Crippen LogP) is 5.29. The molecule has 144 valence electrons. The monoisotopic (exact) mass is 391 g/mol. The highest BCUT2D eigenvalue weighted by Gasteiger charge is 2.24. The molecule has 0 aliphatic heterocycles. The van der Waals surface area contributed by atoms with E-state index in [0.717, 1.165) is 34.5 Å². The van der Waals surface area contributed by atoms with E-state index in [2.05, 4.69) is 49.4 Å². The number of hydrogen-bond donors (Lipinski definition) is 2. The standard InChI is InChI=1S/C22H25N5S/c1-28-25-13-15-7-9-16(10-8-15)20-19-14-24-21-18(11-12-23-21)27(19)22(26-20)17-5-3-2-4-6-17/h7-12,14,17,23,25H,2-6,13H2,1H3. The molecule has 0 saturated heterocycles. The van der Waals surface area contributed by atoms with Crippen molar-refractivity contribution in [2.24, 2.45) is 0 Å². The van der Waals surface area contributed by atoms with E-state index in [9.17, 15) is 0 Å². The highest BCUT2D eigenvalue weighted by atomic mass is 32.2. The minimum Gasteiger partial charge on any atom is -0.345 e. The average molecular weight is 392 g/mol. The van der Waals surface area contributed by atoms with Crippen molar-refractivity contribution < 1.29 is 0 Å². The lowest BCUT2D eigenvalue weighted by Gasteiger charge is -2.20. The van der Waals surface area contributed by atoms with Crippen molar-refractivity contribution in [3.8, 4) is 11.3 Å². The second-order valence-electron chi connectivity index (χ2n) is 7.57. The van der Waals surface area contributed by atoms with Gasteiger partial charge in [0.2, 0.25) is 0 Å². The van der Waals surface area contributed by atoms with Gasteiger partial charge in [-0.05, 0) is 30.7 Å². The molecule has 0 spiro atoms. The summed E-state index contributed by atoms with van der Waals surface area (Å²) in [5.41, 5.74) is 6.62. The third-order valence-corrected chi connectivity index (χ3v) is 6.25. The van der Waals surface area contributed by atoms with E-state index >= 15 is 0 Å². The first-order chi connectivity index (χ1) is 13.8. The highest BCUT2D eigenvalue weighted by Crippen LogP contribution is 2.36. The molecule has 0 atom stereocenters. The van der Waals surface area contributed by atoms with Crippen molar-refractivity contribution in [2.45, 2.75) is 44.6 Å². The van der Waals surface area contributed by atoms with Crippen LogP contribution in [0.4, 0.5) is 0 Å². The molecule has 1 saturated carbocycles. The Morgan fingerprint density at radius 2 is 1.93 bits per heavy atom. The van der Waals surface area contributed by atoms with Crippen molar-refractivity contribution in [3.63, 3.8) is 0 Å². The predicted molar refractivity (Wildman–Crippen MR) is 116 cm³/mol. The molecular formula is C22H25N5S. The fraction of sp³-hybridized carbons (Fsp3) is 0.364. The Hall–Kier alpha value is -2.31. The molecule has 5 nitrogen and oxygen atoms in total. The summed E-state index contributed by atoms with van der Waals surface area (Å²) in [6.45, 7) is 0.865. The highest BCUT2D eigenvalue weighted by molar-refractivity contribution is 7.96. The van der Waals surface area contributed by atoms with Gasteiger partial charge >= 0.3 is 0 Å². The quantitative estimate of drug-likeness (QED) is 0.454. The van der Waals surface area contributed by atoms with Crippen LogP contribution in [0.2, 0.25) is 0 Å². The maximum Gasteiger partial charge on any atom is 0.154 e. The lowest BCUT2D eigenvalue weighted by Crippen LogP contribution is -2.09. The smallest absolute Gasteiger partial charge is 0.154 e. The number of hydrogen-bond acceptors (Lipinski definition) is 4. The van der Waals surface area contributed by atoms with E-state index in [1.807, 2.05) is 18.6 Å². The molecule has 0 bridgehead atoms. The van der Waals surface area contributed by atoms with Gasteiger partial charge in [-0.2, -0.15) is 0 Å². The Kier molecular flexibility index (Phi) is 4.82. The molecule has 0 unspecified atom stereocenters. The number of aromatic nitrogens is 4. The van der Waals surface area contributed by atoms with Crippen molar-refractivity contribution >= 4 is 28.6 Å². The lowest BCUT2D eigenvalue weighted by molar-refractivity contribution is 0.429. The van der Waals surface area contributed by atoms with Crippen molar-refractivity contribution in [1.29, 1.82) is 0 Å². The third kappa shape index (κ3) is 3.10. The van der Waals surface area contributed by atoms with E-state index in [-0.39, 0.29) is 0 Å². The molecule has 0 radical (unpaired) electrons. The summed E-state index contributed by atoms with van der Waals surface area (Å²) < 4.78 is 5.64. The van der Waals surface area contributed by atoms with Gasteiger partial charge < -0.3 is 4.98 Å². The average Bonchev–Trinajstić information content (AvgIpc) is 3.37. The van der Waals surface area contributed by atoms with Gasteiger partial charge in [0.05, 0.1) is 22.9 Å². The molecule has 3 heterocycles. The number of fused-ring (bicyclic) bond motifs is 3. The number of imidazole rings is 1. The molecule has 1 fully saturated rings. The van der Waals surface area contributed by atoms with Crippen LogP contribution in [0.3, 0.4) is 0 Å². The molecular weight excluding hydrogens is 366 g/mol. The number of nitrogens with one attached hydrogen (secondary N) is 2. The topological polar surface area (TPSA) is 58.0 Å². The van der Waals surface area contributed by atoms with Crippen LogP contribution in [0, 0.1) is 0 Å². The second-order valence-corrected chi connectivity index (χ2v) is 8.26. The molecule has 3 aromatic heterocycles. The van der Waals surface area contributed by atoms with Crippen LogP contribution < -0.4 is 4.72 Å². The van der Waals surface area contributed by atoms with E-state index in [1.54, 1.807) is 11.9 Å². The molecule has 1 aliphatic carbocycles. The maximum absolute atomic E-state index is 5.19. The van der Waals surface area contributed by atoms with E-state index in [1.165, 1.54) is 43.5 Å². The second kappa shape index (κ2) is 7.60. The van der Waals surface area contributed by atoms with Gasteiger partial charge in [0, 0.05) is 24.2 Å². The number of aromatic amines is 1. The number of benzene rings is 1. The van der Waals surface area contributed by atoms with Crippen LogP contribution >= 0.6 is 11.9 Å². The fourth-order valence-electron chi connectivity index (χ4n) is 4.37. The fourth-order valence-corrected chi connectivity index (χ4v) is 4.68. The van der Waals surface area contributed by atoms with Crippen molar-refractivity contribution in [1.82, 2.24) is 24.1 Å². The zero-order chi connectivity index (χ0) is 18.9. The number of nitrogens with zero attached hydrogens (tertiary/aromatic N) is 3. The lowest BCUT2D eigenvalue weighted by atomic mass is 9.89. The van der Waals surface area contributed by atoms with Crippen LogP contribution in [0.5, 0.6) is 0 Å². The minimum atomic E-state index is 0.528. The molecule has 0 amide bonds. The van der Waals surface area contributed by atoms with Crippen LogP contribution in [0.15, 0.2) is 42.7 Å². The Morgan fingerprint density at radius 3 is 2.71 bits per heavy atom. The molecule has 6 heteroatoms. The zero-order valence-electron chi connectivity index (χ0n) is 16.1. The van der Waals surface area contributed by atoms with Gasteiger partial charge in [-0.15, -0.1) is 0 Å². The Bertz CT molecular complexity index is 1090. The van der Waals surface area contributed by atoms with Crippen LogP contribution in [-0.4, -0.2) is 25.6 Å². The third-order valence-electron chi connectivity index (χ3n) is 5.82. The van der Waals surface area contributed by atoms with Gasteiger partial charge in [0.15, 0.2) is 5.65 Å². The molecule has 1 aromatic carbocycles. The summed E-state index contributed by atoms with van der Waals surface area (Å²) in [6.07, 6.45) is 12.4. The van der Waals surface area contributed by atoms with Crippen molar-refractivity contribution in [3.05, 3.63) is 54.1 Å². The van der Waals surface area contributed by atoms with E-state index < -0.39 is 0 Å². The first-order valence-corrected chi connectivity index (χ1v) is 11.3. The number of rotatable bonds is 5. The molecule has 2 N–H and O–H groups in total. The van der Waals surface area contributed by atoms with Crippen LogP contribution in [0.1, 0.15) is 49.4 Å². The summed E-state index contributed by atoms with van der Waals surface area (Å²) in [7, 11) is 0. The summed E-state index contributed by atoms with van der Waals surface area (Å²) in [4.78, 5) is 13.1. The minimum absolute atomic E-state index is 0.528. The van der Waals surface area contributed by atoms with Gasteiger partial charge in [-0.1, -0.05) is 55.5 Å². The summed E-state index contributed by atoms with van der Waals surface area (Å²) in [5.74, 6) is 1.73. The largest absolute Gasteiger partial charge is 0.345 e. The SMILES string of the molecule is CSNCc1ccc(-c2nc(C3CCCCC3)n3c2cnc2[nH]ccc23)cc1. The molecule has 5 rings (SSSR count). The van der Waals surface area contributed by atoms with Crippen LogP contribution in [0.25, 0.3) is 27.9 Å². The summed E-state index contributed by atoms with van der Waals surface area (Å²) >= 11 is 1.64. The molecule has 4 aromatic rings. The number of H-pyrrole nitrogens is 1. The Morgan fingerprint density at radius 1 is 1.11 bits per heavy atom. The van der Waals surface area contributed by atoms with Crippen LogP contribution in [-0.2, 0) is 6.54 Å². The molecule has 1 aliphatic rings. The molecule has 28 heavy (non-hydrogen) atoms. The van der Waals surface area contributed by atoms with Gasteiger partial charge in [0.1, 0.15) is 5.82 Å². The van der Waals surface area contributed by atoms with Crippen molar-refractivity contribution in [2.75, 3.05) is 6.26 Å². The Balaban J connectivity index is 1.64. The van der Waals surface area contributed by atoms with Gasteiger partial charge in [-0.3, -0.25) is 9.12 Å². The van der Waals surface area contributed by atoms with E-state index in [4.69, 9.17) is 4.98 Å². The summed E-state index contributed by atoms with van der Waals surface area (Å²) in [5, 5.41) is 0. The van der Waals surface area contributed by atoms with E-state index in [0.29, 0.717) is 5.92 Å². The summed E-state index contributed by atoms with van der Waals surface area (Å²) in [6, 6.07) is 10.9. The van der Waals surface area contributed by atoms with Gasteiger partial charge in [-0.25, -0.2) is 9.97 Å². The normalized spacial score (nSPS) is 15.6. The first kappa shape index (κ1) is 17.8. The first-order valence-electron chi connectivity index (χ1n) is 10.0. The maximum atomic E-state index is 5.19.